The molecule has 4 amide bonds. The first-order valence-electron chi connectivity index (χ1n) is 33.8. The maximum Gasteiger partial charge on any atom is 0.266 e. The topological polar surface area (TPSA) is 74.8 Å². The van der Waals surface area contributed by atoms with Gasteiger partial charge in [-0.25, -0.2) is 9.80 Å². The van der Waals surface area contributed by atoms with Crippen LogP contribution in [0.3, 0.4) is 0 Å². The first kappa shape index (κ1) is 63.6. The number of anilines is 2. The molecule has 0 aromatic heterocycles. The Bertz CT molecular complexity index is 3990. The lowest BCUT2D eigenvalue weighted by molar-refractivity contribution is 0.0877. The van der Waals surface area contributed by atoms with Gasteiger partial charge in [-0.3, -0.25) is 19.2 Å². The molecule has 0 saturated heterocycles. The smallest absolute Gasteiger partial charge is 0.266 e. The molecule has 2 heterocycles. The monoisotopic (exact) mass is 1170 g/mol. The van der Waals surface area contributed by atoms with Gasteiger partial charge < -0.3 is 0 Å². The van der Waals surface area contributed by atoms with Crippen LogP contribution in [0.5, 0.6) is 0 Å². The van der Waals surface area contributed by atoms with Crippen LogP contribution in [0.4, 0.5) is 11.4 Å². The normalized spacial score (nSPS) is 14.1. The van der Waals surface area contributed by atoms with Crippen LogP contribution in [0.2, 0.25) is 0 Å². The summed E-state index contributed by atoms with van der Waals surface area (Å²) < 4.78 is 0. The highest BCUT2D eigenvalue weighted by Gasteiger charge is 2.44. The van der Waals surface area contributed by atoms with Gasteiger partial charge >= 0.3 is 0 Å². The highest BCUT2D eigenvalue weighted by atomic mass is 16.2. The zero-order valence-corrected chi connectivity index (χ0v) is 55.7. The van der Waals surface area contributed by atoms with Crippen LogP contribution in [0.25, 0.3) is 54.2 Å². The Balaban J connectivity index is 0.000000220. The van der Waals surface area contributed by atoms with Crippen molar-refractivity contribution in [2.45, 2.75) is 223 Å². The van der Waals surface area contributed by atoms with Crippen molar-refractivity contribution in [3.8, 4) is 11.1 Å². The standard InChI is InChI=1S/C49H44N2O4.C31H46.C2H6/c1-23(2)28-12-10-13-29(24(3)4)44(28)50-46(52)35-19-16-32-33-17-20-37-42-38(22-27(9)39(43(33)42)34-18-21-36(47(50)53)41(35)40(32)34)49(55)51(48(37)54)45-30(25(5)6)14-11-15-31(45)26(7)8;1-5-7-9-11-13-15-21-31(22-16-14-12-10-8-6-2)29-23-25(3)17-19-27(29)28-20-18-26(4)24-30(28)31;1-2/h10-26H,1-9H3;17-20,23-24H,5-16,21-22H2,1-4H3;1-2H3. The second-order valence-electron chi connectivity index (χ2n) is 26.9. The van der Waals surface area contributed by atoms with E-state index in [9.17, 15) is 19.2 Å². The molecule has 88 heavy (non-hydrogen) atoms. The van der Waals surface area contributed by atoms with Gasteiger partial charge in [-0.1, -0.05) is 262 Å². The molecule has 0 atom stereocenters. The van der Waals surface area contributed by atoms with Crippen molar-refractivity contribution >= 4 is 78.1 Å². The SMILES string of the molecule is CC.CCCCCCCCC1(CCCCCCCC)c2cc(C)ccc2-c2ccc(C)cc21.Cc1cc2c3c(ccc4c5ccc6c7c(ccc(c1c34)c75)C(=O)N(c1c(C(C)C)cccc1C(C)C)C6=O)C(=O)N(c1c(C(C)C)cccc1C(C)C)C2=O. The number of rotatable bonds is 20. The molecule has 458 valence electrons. The third kappa shape index (κ3) is 11.0. The van der Waals surface area contributed by atoms with Crippen LogP contribution >= 0.6 is 0 Å². The molecular weight excluding hydrogens is 1080 g/mol. The molecule has 0 N–H and O–H groups in total. The van der Waals surface area contributed by atoms with Crippen molar-refractivity contribution in [1.82, 2.24) is 0 Å². The van der Waals surface area contributed by atoms with E-state index in [1.54, 1.807) is 11.1 Å². The molecule has 0 spiro atoms. The number of para-hydroxylation sites is 2. The number of benzene rings is 9. The second-order valence-corrected chi connectivity index (χ2v) is 26.9. The molecule has 0 saturated carbocycles. The minimum atomic E-state index is -0.331. The van der Waals surface area contributed by atoms with E-state index >= 15 is 0 Å². The van der Waals surface area contributed by atoms with Gasteiger partial charge in [-0.15, -0.1) is 0 Å². The maximum absolute atomic E-state index is 14.8. The van der Waals surface area contributed by atoms with Crippen LogP contribution in [-0.4, -0.2) is 23.6 Å². The van der Waals surface area contributed by atoms with E-state index in [2.05, 4.69) is 119 Å². The lowest BCUT2D eigenvalue weighted by atomic mass is 9.70. The number of aryl methyl sites for hydroxylation is 3. The molecule has 12 rings (SSSR count). The van der Waals surface area contributed by atoms with E-state index in [4.69, 9.17) is 0 Å². The largest absolute Gasteiger partial charge is 0.268 e. The van der Waals surface area contributed by atoms with Gasteiger partial charge in [0.15, 0.2) is 0 Å². The van der Waals surface area contributed by atoms with E-state index in [0.717, 1.165) is 60.1 Å². The van der Waals surface area contributed by atoms with E-state index in [1.807, 2.05) is 99.6 Å². The molecule has 9 aromatic rings. The molecule has 0 radical (unpaired) electrons. The highest BCUT2D eigenvalue weighted by Crippen LogP contribution is 2.55. The fourth-order valence-electron chi connectivity index (χ4n) is 15.3. The number of unbranched alkanes of at least 4 members (excludes halogenated alkanes) is 10. The van der Waals surface area contributed by atoms with Gasteiger partial charge in [-0.2, -0.15) is 0 Å². The minimum Gasteiger partial charge on any atom is -0.268 e. The van der Waals surface area contributed by atoms with Gasteiger partial charge in [-0.05, 0) is 164 Å². The van der Waals surface area contributed by atoms with Crippen molar-refractivity contribution in [3.05, 3.63) is 188 Å². The molecule has 6 heteroatoms. The Kier molecular flexibility index (Phi) is 19.0. The number of carbonyl (C=O) groups excluding carboxylic acids is 4. The summed E-state index contributed by atoms with van der Waals surface area (Å²) in [6.07, 6.45) is 19.2. The van der Waals surface area contributed by atoms with E-state index in [1.165, 1.54) is 122 Å². The average molecular weight is 1170 g/mol. The zero-order valence-electron chi connectivity index (χ0n) is 55.7. The molecule has 0 unspecified atom stereocenters. The Labute approximate surface area is 525 Å². The van der Waals surface area contributed by atoms with E-state index in [-0.39, 0.29) is 52.7 Å². The third-order valence-electron chi connectivity index (χ3n) is 19.7. The Morgan fingerprint density at radius 3 is 1.09 bits per heavy atom. The second kappa shape index (κ2) is 26.3. The Morgan fingerprint density at radius 1 is 0.352 bits per heavy atom. The van der Waals surface area contributed by atoms with Crippen molar-refractivity contribution < 1.29 is 19.2 Å². The van der Waals surface area contributed by atoms with Gasteiger partial charge in [0.2, 0.25) is 0 Å². The lowest BCUT2D eigenvalue weighted by Crippen LogP contribution is -2.42. The van der Waals surface area contributed by atoms with Crippen LogP contribution in [0, 0.1) is 20.8 Å². The van der Waals surface area contributed by atoms with Gasteiger partial charge in [0.05, 0.1) is 11.4 Å². The minimum absolute atomic E-state index is 0.0967. The quantitative estimate of drug-likeness (QED) is 0.0330. The Morgan fingerprint density at radius 2 is 0.693 bits per heavy atom. The third-order valence-corrected chi connectivity index (χ3v) is 19.7. The molecule has 0 bridgehead atoms. The number of fused-ring (bicyclic) bond motifs is 5. The predicted molar refractivity (Wildman–Crippen MR) is 373 cm³/mol. The number of nitrogens with zero attached hydrogens (tertiary/aromatic N) is 2. The van der Waals surface area contributed by atoms with Gasteiger partial charge in [0, 0.05) is 38.4 Å². The maximum atomic E-state index is 14.8. The van der Waals surface area contributed by atoms with Crippen LogP contribution in [-0.2, 0) is 5.41 Å². The summed E-state index contributed by atoms with van der Waals surface area (Å²) in [5.74, 6) is -0.927. The first-order valence-corrected chi connectivity index (χ1v) is 33.8. The number of imide groups is 2. The zero-order chi connectivity index (χ0) is 63.0. The number of carbonyl (C=O) groups is 4. The van der Waals surface area contributed by atoms with Crippen molar-refractivity contribution in [3.63, 3.8) is 0 Å². The number of amides is 4. The van der Waals surface area contributed by atoms with Gasteiger partial charge in [0.25, 0.3) is 23.6 Å². The van der Waals surface area contributed by atoms with E-state index in [0.29, 0.717) is 44.4 Å². The first-order chi connectivity index (χ1) is 42.4. The summed E-state index contributed by atoms with van der Waals surface area (Å²) in [6, 6.07) is 40.0. The molecule has 0 fully saturated rings. The molecule has 6 nitrogen and oxygen atoms in total. The highest BCUT2D eigenvalue weighted by molar-refractivity contribution is 6.46. The number of hydrogen-bond donors (Lipinski definition) is 0. The average Bonchev–Trinajstić information content (AvgIpc) is 0.886. The lowest BCUT2D eigenvalue weighted by Gasteiger charge is -2.34. The van der Waals surface area contributed by atoms with Crippen molar-refractivity contribution in [2.75, 3.05) is 9.80 Å². The number of hydrogen-bond acceptors (Lipinski definition) is 4. The fourth-order valence-corrected chi connectivity index (χ4v) is 15.3. The molecular formula is C82H96N2O4. The fraction of sp³-hybridized carbons (Fsp3) is 0.415. The van der Waals surface area contributed by atoms with Crippen molar-refractivity contribution in [1.29, 1.82) is 0 Å². The van der Waals surface area contributed by atoms with E-state index < -0.39 is 0 Å². The van der Waals surface area contributed by atoms with Crippen molar-refractivity contribution in [2.24, 2.45) is 0 Å². The predicted octanol–water partition coefficient (Wildman–Crippen LogP) is 23.2. The summed E-state index contributed by atoms with van der Waals surface area (Å²) in [7, 11) is 0. The molecule has 2 aliphatic heterocycles. The van der Waals surface area contributed by atoms with Gasteiger partial charge in [0.1, 0.15) is 0 Å². The summed E-state index contributed by atoms with van der Waals surface area (Å²) in [4.78, 5) is 61.8. The van der Waals surface area contributed by atoms with Crippen LogP contribution < -0.4 is 9.80 Å². The summed E-state index contributed by atoms with van der Waals surface area (Å²) in [5, 5.41) is 6.56. The van der Waals surface area contributed by atoms with Crippen LogP contribution in [0.15, 0.2) is 115 Å². The summed E-state index contributed by atoms with van der Waals surface area (Å²) in [6.45, 7) is 31.9. The molecule has 3 aliphatic rings. The summed E-state index contributed by atoms with van der Waals surface area (Å²) >= 11 is 0. The molecule has 9 aromatic carbocycles. The van der Waals surface area contributed by atoms with Crippen LogP contribution in [0.1, 0.15) is 288 Å². The Hall–Kier alpha value is -7.44. The summed E-state index contributed by atoms with van der Waals surface area (Å²) in [5.41, 5.74) is 17.4. The molecule has 1 aliphatic carbocycles.